The molecule has 1 atom stereocenters. The minimum Gasteiger partial charge on any atom is -0.485 e. The fourth-order valence-corrected chi connectivity index (χ4v) is 3.78. The first-order chi connectivity index (χ1) is 17.2. The predicted octanol–water partition coefficient (Wildman–Crippen LogP) is 5.79. The Morgan fingerprint density at radius 3 is 2.61 bits per heavy atom. The Balaban J connectivity index is 1.26. The number of ether oxygens (including phenoxy) is 3. The van der Waals surface area contributed by atoms with Crippen LogP contribution in [0.15, 0.2) is 66.9 Å². The first kappa shape index (κ1) is 25.0. The summed E-state index contributed by atoms with van der Waals surface area (Å²) in [5.74, 6) is 1.71. The Hall–Kier alpha value is -4.07. The summed E-state index contributed by atoms with van der Waals surface area (Å²) in [7, 11) is 0. The summed E-state index contributed by atoms with van der Waals surface area (Å²) in [4.78, 5) is 28.1. The molecule has 0 fully saturated rings. The maximum absolute atomic E-state index is 12.1. The van der Waals surface area contributed by atoms with Crippen LogP contribution in [0, 0.1) is 0 Å². The third-order valence-corrected chi connectivity index (χ3v) is 5.41. The van der Waals surface area contributed by atoms with Crippen LogP contribution in [0.3, 0.4) is 0 Å². The molecule has 4 rings (SSSR count). The van der Waals surface area contributed by atoms with E-state index in [-0.39, 0.29) is 25.0 Å². The topological polar surface area (TPSA) is 98.8 Å². The lowest BCUT2D eigenvalue weighted by atomic mass is 9.97. The van der Waals surface area contributed by atoms with Crippen LogP contribution in [0.2, 0.25) is 0 Å². The first-order valence-electron chi connectivity index (χ1n) is 12.0. The molecular weight excluding hydrogens is 458 g/mol. The molecule has 3 aromatic rings. The van der Waals surface area contributed by atoms with E-state index in [4.69, 9.17) is 14.2 Å². The van der Waals surface area contributed by atoms with Crippen LogP contribution in [0.1, 0.15) is 50.8 Å². The zero-order chi connectivity index (χ0) is 25.5. The molecule has 1 aromatic heterocycles. The van der Waals surface area contributed by atoms with Crippen molar-refractivity contribution in [1.29, 1.82) is 0 Å². The molecule has 0 saturated carbocycles. The van der Waals surface area contributed by atoms with Gasteiger partial charge in [-0.3, -0.25) is 4.79 Å². The molecule has 8 nitrogen and oxygen atoms in total. The van der Waals surface area contributed by atoms with Gasteiger partial charge in [0.15, 0.2) is 0 Å². The molecule has 1 aliphatic rings. The van der Waals surface area contributed by atoms with Crippen molar-refractivity contribution in [1.82, 2.24) is 10.3 Å². The summed E-state index contributed by atoms with van der Waals surface area (Å²) in [5.41, 5.74) is 2.23. The second kappa shape index (κ2) is 11.1. The van der Waals surface area contributed by atoms with E-state index in [9.17, 15) is 9.59 Å². The lowest BCUT2D eigenvalue weighted by molar-refractivity contribution is -0.116. The number of anilines is 1. The second-order valence-corrected chi connectivity index (χ2v) is 9.54. The Morgan fingerprint density at radius 1 is 1.08 bits per heavy atom. The van der Waals surface area contributed by atoms with E-state index in [1.807, 2.05) is 36.4 Å². The molecule has 36 heavy (non-hydrogen) atoms. The van der Waals surface area contributed by atoms with Gasteiger partial charge in [-0.25, -0.2) is 9.78 Å². The molecule has 2 heterocycles. The summed E-state index contributed by atoms with van der Waals surface area (Å²) < 4.78 is 17.2. The lowest BCUT2D eigenvalue weighted by Crippen LogP contribution is -2.34. The highest BCUT2D eigenvalue weighted by Gasteiger charge is 2.22. The van der Waals surface area contributed by atoms with Crippen molar-refractivity contribution in [2.24, 2.45) is 0 Å². The number of fused-ring (bicyclic) bond motifs is 1. The summed E-state index contributed by atoms with van der Waals surface area (Å²) >= 11 is 0. The predicted molar refractivity (Wildman–Crippen MR) is 136 cm³/mol. The number of hydrogen-bond donors (Lipinski definition) is 2. The van der Waals surface area contributed by atoms with Crippen LogP contribution >= 0.6 is 0 Å². The van der Waals surface area contributed by atoms with Gasteiger partial charge in [0.05, 0.1) is 11.9 Å². The highest BCUT2D eigenvalue weighted by atomic mass is 16.6. The quantitative estimate of drug-likeness (QED) is 0.436. The number of amides is 2. The zero-order valence-electron chi connectivity index (χ0n) is 20.7. The van der Waals surface area contributed by atoms with E-state index < -0.39 is 11.7 Å². The molecule has 0 unspecified atom stereocenters. The van der Waals surface area contributed by atoms with Crippen molar-refractivity contribution in [3.8, 4) is 17.4 Å². The van der Waals surface area contributed by atoms with Gasteiger partial charge in [-0.2, -0.15) is 0 Å². The van der Waals surface area contributed by atoms with Crippen molar-refractivity contribution in [3.63, 3.8) is 0 Å². The number of carbonyl (C=O) groups excluding carboxylic acids is 2. The molecule has 1 aliphatic heterocycles. The molecule has 0 saturated heterocycles. The van der Waals surface area contributed by atoms with Crippen LogP contribution in [-0.2, 0) is 16.0 Å². The third-order valence-electron chi connectivity index (χ3n) is 5.41. The van der Waals surface area contributed by atoms with Gasteiger partial charge in [-0.1, -0.05) is 30.3 Å². The largest absolute Gasteiger partial charge is 0.485 e. The summed E-state index contributed by atoms with van der Waals surface area (Å²) in [5, 5.41) is 5.31. The molecule has 2 N–H and O–H groups in total. The maximum atomic E-state index is 12.1. The summed E-state index contributed by atoms with van der Waals surface area (Å²) in [6.07, 6.45) is 2.94. The van der Waals surface area contributed by atoms with Gasteiger partial charge < -0.3 is 24.8 Å². The van der Waals surface area contributed by atoms with Gasteiger partial charge in [-0.05, 0) is 69.0 Å². The number of pyridine rings is 1. The van der Waals surface area contributed by atoms with Gasteiger partial charge in [0, 0.05) is 19.0 Å². The van der Waals surface area contributed by atoms with Gasteiger partial charge >= 0.3 is 6.09 Å². The smallest absolute Gasteiger partial charge is 0.407 e. The average Bonchev–Trinajstić information content (AvgIpc) is 2.84. The number of hydrogen-bond acceptors (Lipinski definition) is 6. The normalized spacial score (nSPS) is 14.7. The van der Waals surface area contributed by atoms with Crippen LogP contribution in [0.25, 0.3) is 0 Å². The van der Waals surface area contributed by atoms with Crippen LogP contribution in [-0.4, -0.2) is 29.1 Å². The molecular formula is C28H31N3O5. The van der Waals surface area contributed by atoms with Crippen LogP contribution < -0.4 is 20.1 Å². The Kier molecular flexibility index (Phi) is 7.73. The van der Waals surface area contributed by atoms with Crippen LogP contribution in [0.5, 0.6) is 17.4 Å². The van der Waals surface area contributed by atoms with Crippen molar-refractivity contribution in [3.05, 3.63) is 78.0 Å². The molecule has 2 aromatic carbocycles. The third kappa shape index (κ3) is 7.21. The molecule has 2 amide bonds. The van der Waals surface area contributed by atoms with Gasteiger partial charge in [0.2, 0.25) is 11.8 Å². The molecule has 0 bridgehead atoms. The van der Waals surface area contributed by atoms with E-state index >= 15 is 0 Å². The van der Waals surface area contributed by atoms with Crippen LogP contribution in [0.4, 0.5) is 10.5 Å². The van der Waals surface area contributed by atoms with Gasteiger partial charge in [0.25, 0.3) is 0 Å². The minimum absolute atomic E-state index is 0.0583. The number of nitrogens with zero attached hydrogens (tertiary/aromatic N) is 1. The number of alkyl carbamates (subject to hydrolysis) is 1. The monoisotopic (exact) mass is 489 g/mol. The summed E-state index contributed by atoms with van der Waals surface area (Å²) in [6, 6.07) is 19.4. The SMILES string of the molecule is CC(C)(C)OC(=O)NCCC(=O)Nc1ccc(Oc2ccc3c(c2)CC[C@@H](c2ccccc2)O3)nc1. The van der Waals surface area contributed by atoms with Gasteiger partial charge in [0.1, 0.15) is 23.2 Å². The number of aromatic nitrogens is 1. The fourth-order valence-electron chi connectivity index (χ4n) is 3.78. The van der Waals surface area contributed by atoms with E-state index in [0.29, 0.717) is 17.3 Å². The van der Waals surface area contributed by atoms with Crippen molar-refractivity contribution >= 4 is 17.7 Å². The van der Waals surface area contributed by atoms with E-state index in [0.717, 1.165) is 24.2 Å². The molecule has 0 spiro atoms. The molecule has 0 aliphatic carbocycles. The number of nitrogens with one attached hydrogen (secondary N) is 2. The second-order valence-electron chi connectivity index (χ2n) is 9.54. The maximum Gasteiger partial charge on any atom is 0.407 e. The molecule has 8 heteroatoms. The highest BCUT2D eigenvalue weighted by molar-refractivity contribution is 5.90. The van der Waals surface area contributed by atoms with E-state index in [1.165, 1.54) is 11.8 Å². The van der Waals surface area contributed by atoms with E-state index in [2.05, 4.69) is 27.8 Å². The van der Waals surface area contributed by atoms with E-state index in [1.54, 1.807) is 32.9 Å². The lowest BCUT2D eigenvalue weighted by Gasteiger charge is -2.26. The molecule has 0 radical (unpaired) electrons. The Morgan fingerprint density at radius 2 is 1.89 bits per heavy atom. The number of carbonyl (C=O) groups is 2. The first-order valence-corrected chi connectivity index (χ1v) is 12.0. The summed E-state index contributed by atoms with van der Waals surface area (Å²) in [6.45, 7) is 5.51. The Bertz CT molecular complexity index is 1190. The molecule has 188 valence electrons. The van der Waals surface area contributed by atoms with Gasteiger partial charge in [-0.15, -0.1) is 0 Å². The average molecular weight is 490 g/mol. The standard InChI is InChI=1S/C28H31N3O5/c1-28(2,3)36-27(33)29-16-15-25(32)31-21-10-14-26(30-18-21)34-22-11-13-24-20(17-22)9-12-23(35-24)19-7-5-4-6-8-19/h4-8,10-11,13-14,17-18,23H,9,12,15-16H2,1-3H3,(H,29,33)(H,31,32)/t23-/m0/s1. The minimum atomic E-state index is -0.583. The zero-order valence-corrected chi connectivity index (χ0v) is 20.7. The number of aryl methyl sites for hydroxylation is 1. The van der Waals surface area contributed by atoms with Crippen molar-refractivity contribution in [2.75, 3.05) is 11.9 Å². The highest BCUT2D eigenvalue weighted by Crippen LogP contribution is 2.37. The van der Waals surface area contributed by atoms with Crippen molar-refractivity contribution < 1.29 is 23.8 Å². The van der Waals surface area contributed by atoms with Crippen molar-refractivity contribution in [2.45, 2.75) is 51.7 Å². The fraction of sp³-hybridized carbons (Fsp3) is 0.321. The number of rotatable bonds is 7. The number of benzene rings is 2. The Labute approximate surface area is 211 Å².